The fraction of sp³-hybridized carbons (Fsp3) is 1.00. The molecule has 3 N–H and O–H groups in total. The highest BCUT2D eigenvalue weighted by Gasteiger charge is 2.46. The van der Waals surface area contributed by atoms with Gasteiger partial charge in [0.15, 0.2) is 0 Å². The molecule has 2 aliphatic rings. The fourth-order valence-electron chi connectivity index (χ4n) is 1.96. The van der Waals surface area contributed by atoms with Crippen LogP contribution in [0.1, 0.15) is 0 Å². The van der Waals surface area contributed by atoms with Gasteiger partial charge in [0.1, 0.15) is 0 Å². The summed E-state index contributed by atoms with van der Waals surface area (Å²) < 4.78 is 5.39. The predicted molar refractivity (Wildman–Crippen MR) is 38.7 cm³/mol. The molecule has 0 aromatic carbocycles. The molecule has 0 bridgehead atoms. The summed E-state index contributed by atoms with van der Waals surface area (Å²) in [4.78, 5) is 0. The molecule has 10 heavy (non-hydrogen) atoms. The molecule has 2 fully saturated rings. The van der Waals surface area contributed by atoms with E-state index >= 15 is 0 Å². The minimum absolute atomic E-state index is 0.292. The molecule has 2 saturated heterocycles. The van der Waals surface area contributed by atoms with Crippen LogP contribution in [0.15, 0.2) is 0 Å². The summed E-state index contributed by atoms with van der Waals surface area (Å²) in [7, 11) is 0. The Morgan fingerprint density at radius 1 is 1.70 bits per heavy atom. The van der Waals surface area contributed by atoms with E-state index in [0.717, 1.165) is 32.8 Å². The highest BCUT2D eigenvalue weighted by Crippen LogP contribution is 2.35. The van der Waals surface area contributed by atoms with Crippen molar-refractivity contribution in [3.8, 4) is 0 Å². The average molecular weight is 142 g/mol. The van der Waals surface area contributed by atoms with Gasteiger partial charge in [0, 0.05) is 31.0 Å². The second-order valence-electron chi connectivity index (χ2n) is 3.41. The zero-order chi connectivity index (χ0) is 7.03. The van der Waals surface area contributed by atoms with Crippen molar-refractivity contribution in [2.45, 2.75) is 0 Å². The Balaban J connectivity index is 2.15. The summed E-state index contributed by atoms with van der Waals surface area (Å²) >= 11 is 0. The average Bonchev–Trinajstić information content (AvgIpc) is 2.42. The smallest absolute Gasteiger partial charge is 0.0550 e. The fourth-order valence-corrected chi connectivity index (χ4v) is 1.96. The van der Waals surface area contributed by atoms with Crippen LogP contribution in [0, 0.1) is 11.3 Å². The van der Waals surface area contributed by atoms with Crippen LogP contribution in [-0.2, 0) is 4.74 Å². The molecule has 0 radical (unpaired) electrons. The molecule has 0 aromatic heterocycles. The van der Waals surface area contributed by atoms with Crippen molar-refractivity contribution < 1.29 is 4.74 Å². The second-order valence-corrected chi connectivity index (χ2v) is 3.41. The zero-order valence-electron chi connectivity index (χ0n) is 6.10. The SMILES string of the molecule is NCC12CNCC1COC2. The number of fused-ring (bicyclic) bond motifs is 1. The molecule has 3 nitrogen and oxygen atoms in total. The van der Waals surface area contributed by atoms with Crippen molar-refractivity contribution in [3.63, 3.8) is 0 Å². The Hall–Kier alpha value is -0.120. The van der Waals surface area contributed by atoms with E-state index in [4.69, 9.17) is 10.5 Å². The Kier molecular flexibility index (Phi) is 1.44. The molecule has 0 amide bonds. The van der Waals surface area contributed by atoms with Crippen LogP contribution in [-0.4, -0.2) is 32.8 Å². The first-order valence-electron chi connectivity index (χ1n) is 3.86. The molecule has 0 aliphatic carbocycles. The van der Waals surface area contributed by atoms with E-state index in [0.29, 0.717) is 11.3 Å². The molecule has 2 unspecified atom stereocenters. The maximum Gasteiger partial charge on any atom is 0.0550 e. The molecule has 0 saturated carbocycles. The number of rotatable bonds is 1. The Morgan fingerprint density at radius 2 is 2.60 bits per heavy atom. The van der Waals surface area contributed by atoms with Crippen molar-refractivity contribution >= 4 is 0 Å². The van der Waals surface area contributed by atoms with E-state index in [-0.39, 0.29) is 0 Å². The summed E-state index contributed by atoms with van der Waals surface area (Å²) in [6.45, 7) is 4.68. The van der Waals surface area contributed by atoms with Crippen LogP contribution in [0.2, 0.25) is 0 Å². The van der Waals surface area contributed by atoms with E-state index in [1.165, 1.54) is 0 Å². The van der Waals surface area contributed by atoms with Gasteiger partial charge < -0.3 is 15.8 Å². The van der Waals surface area contributed by atoms with Crippen molar-refractivity contribution in [2.24, 2.45) is 17.1 Å². The van der Waals surface area contributed by atoms with E-state index in [1.54, 1.807) is 0 Å². The van der Waals surface area contributed by atoms with Crippen LogP contribution < -0.4 is 11.1 Å². The van der Waals surface area contributed by atoms with E-state index in [1.807, 2.05) is 0 Å². The summed E-state index contributed by atoms with van der Waals surface area (Å²) in [6.07, 6.45) is 0. The van der Waals surface area contributed by atoms with E-state index in [9.17, 15) is 0 Å². The van der Waals surface area contributed by atoms with Crippen LogP contribution in [0.25, 0.3) is 0 Å². The topological polar surface area (TPSA) is 47.3 Å². The van der Waals surface area contributed by atoms with Gasteiger partial charge in [-0.15, -0.1) is 0 Å². The first-order chi connectivity index (χ1) is 4.87. The molecular formula is C7H14N2O. The molecule has 0 aromatic rings. The maximum atomic E-state index is 5.69. The van der Waals surface area contributed by atoms with Gasteiger partial charge in [-0.05, 0) is 0 Å². The lowest BCUT2D eigenvalue weighted by Crippen LogP contribution is -2.37. The van der Waals surface area contributed by atoms with E-state index < -0.39 is 0 Å². The molecule has 58 valence electrons. The minimum atomic E-state index is 0.292. The summed E-state index contributed by atoms with van der Waals surface area (Å²) in [5.41, 5.74) is 5.98. The quantitative estimate of drug-likeness (QED) is 0.503. The molecule has 2 atom stereocenters. The lowest BCUT2D eigenvalue weighted by Gasteiger charge is -2.23. The molecule has 0 spiro atoms. The monoisotopic (exact) mass is 142 g/mol. The maximum absolute atomic E-state index is 5.69. The largest absolute Gasteiger partial charge is 0.380 e. The van der Waals surface area contributed by atoms with Crippen molar-refractivity contribution in [1.29, 1.82) is 0 Å². The predicted octanol–water partition coefficient (Wildman–Crippen LogP) is -0.819. The number of hydrogen-bond donors (Lipinski definition) is 2. The van der Waals surface area contributed by atoms with Gasteiger partial charge in [-0.25, -0.2) is 0 Å². The normalized spacial score (nSPS) is 45.9. The molecule has 2 aliphatic heterocycles. The zero-order valence-corrected chi connectivity index (χ0v) is 6.10. The molecular weight excluding hydrogens is 128 g/mol. The van der Waals surface area contributed by atoms with Gasteiger partial charge in [-0.2, -0.15) is 0 Å². The van der Waals surface area contributed by atoms with E-state index in [2.05, 4.69) is 5.32 Å². The van der Waals surface area contributed by atoms with Crippen LogP contribution in [0.3, 0.4) is 0 Å². The van der Waals surface area contributed by atoms with Crippen LogP contribution in [0.4, 0.5) is 0 Å². The van der Waals surface area contributed by atoms with Gasteiger partial charge in [0.25, 0.3) is 0 Å². The summed E-state index contributed by atoms with van der Waals surface area (Å²) in [5.74, 6) is 0.678. The molecule has 2 heterocycles. The van der Waals surface area contributed by atoms with Crippen molar-refractivity contribution in [1.82, 2.24) is 5.32 Å². The molecule has 3 heteroatoms. The van der Waals surface area contributed by atoms with Crippen LogP contribution >= 0.6 is 0 Å². The Labute approximate surface area is 60.9 Å². The number of ether oxygens (including phenoxy) is 1. The number of nitrogens with one attached hydrogen (secondary N) is 1. The van der Waals surface area contributed by atoms with Crippen LogP contribution in [0.5, 0.6) is 0 Å². The third-order valence-corrected chi connectivity index (χ3v) is 2.85. The van der Waals surface area contributed by atoms with Gasteiger partial charge in [0.2, 0.25) is 0 Å². The van der Waals surface area contributed by atoms with Gasteiger partial charge in [-0.3, -0.25) is 0 Å². The van der Waals surface area contributed by atoms with Crippen molar-refractivity contribution in [2.75, 3.05) is 32.8 Å². The highest BCUT2D eigenvalue weighted by atomic mass is 16.5. The lowest BCUT2D eigenvalue weighted by atomic mass is 9.81. The standard InChI is InChI=1S/C7H14N2O/c8-3-7-4-9-1-6(7)2-10-5-7/h6,9H,1-5,8H2. The third kappa shape index (κ3) is 0.713. The first-order valence-corrected chi connectivity index (χ1v) is 3.86. The number of nitrogens with two attached hydrogens (primary N) is 1. The van der Waals surface area contributed by atoms with Gasteiger partial charge in [0.05, 0.1) is 13.2 Å². The number of hydrogen-bond acceptors (Lipinski definition) is 3. The third-order valence-electron chi connectivity index (χ3n) is 2.85. The van der Waals surface area contributed by atoms with Crippen molar-refractivity contribution in [3.05, 3.63) is 0 Å². The van der Waals surface area contributed by atoms with Gasteiger partial charge in [-0.1, -0.05) is 0 Å². The first kappa shape index (κ1) is 6.58. The second kappa shape index (κ2) is 2.19. The highest BCUT2D eigenvalue weighted by molar-refractivity contribution is 4.98. The van der Waals surface area contributed by atoms with Gasteiger partial charge >= 0.3 is 0 Å². The molecule has 2 rings (SSSR count). The summed E-state index contributed by atoms with van der Waals surface area (Å²) in [5, 5.41) is 3.36. The lowest BCUT2D eigenvalue weighted by molar-refractivity contribution is 0.155. The Morgan fingerprint density at radius 3 is 3.30 bits per heavy atom. The minimum Gasteiger partial charge on any atom is -0.380 e. The Bertz CT molecular complexity index is 128. The summed E-state index contributed by atoms with van der Waals surface area (Å²) in [6, 6.07) is 0.